The lowest BCUT2D eigenvalue weighted by Gasteiger charge is -2.12. The second kappa shape index (κ2) is 9.17. The highest BCUT2D eigenvalue weighted by Gasteiger charge is 2.20. The molecule has 0 fully saturated rings. The van der Waals surface area contributed by atoms with Gasteiger partial charge in [-0.3, -0.25) is 14.8 Å². The van der Waals surface area contributed by atoms with Gasteiger partial charge in [0.2, 0.25) is 0 Å². The number of nitrogens with zero attached hydrogens (tertiary/aromatic N) is 1. The zero-order chi connectivity index (χ0) is 22.7. The smallest absolute Gasteiger partial charge is 0.262 e. The quantitative estimate of drug-likeness (QED) is 0.547. The van der Waals surface area contributed by atoms with Crippen LogP contribution in [0.15, 0.2) is 52.7 Å². The van der Waals surface area contributed by atoms with Crippen molar-refractivity contribution in [3.63, 3.8) is 0 Å². The average molecular weight is 474 g/mol. The van der Waals surface area contributed by atoms with Gasteiger partial charge < -0.3 is 9.47 Å². The minimum atomic E-state index is -3.89. The number of hydrogen-bond acceptors (Lipinski definition) is 7. The molecule has 0 saturated carbocycles. The van der Waals surface area contributed by atoms with E-state index in [2.05, 4.69) is 15.0 Å². The van der Waals surface area contributed by atoms with Crippen molar-refractivity contribution >= 4 is 38.1 Å². The van der Waals surface area contributed by atoms with Gasteiger partial charge in [0, 0.05) is 29.1 Å². The van der Waals surface area contributed by atoms with Crippen molar-refractivity contribution in [2.75, 3.05) is 23.3 Å². The number of aromatic nitrogens is 1. The summed E-state index contributed by atoms with van der Waals surface area (Å²) < 4.78 is 39.4. The van der Waals surface area contributed by atoms with Gasteiger partial charge in [-0.1, -0.05) is 19.9 Å². The predicted molar refractivity (Wildman–Crippen MR) is 123 cm³/mol. The number of carbonyl (C=O) groups excluding carboxylic acids is 1. The lowest BCUT2D eigenvalue weighted by molar-refractivity contribution is 0.102. The minimum Gasteiger partial charge on any atom is -0.490 e. The van der Waals surface area contributed by atoms with Crippen LogP contribution >= 0.6 is 11.3 Å². The molecular formula is C22H23N3O5S2. The van der Waals surface area contributed by atoms with E-state index < -0.39 is 10.0 Å². The van der Waals surface area contributed by atoms with Crippen LogP contribution in [0.3, 0.4) is 0 Å². The summed E-state index contributed by atoms with van der Waals surface area (Å²) >= 11 is 1.35. The molecule has 2 aromatic carbocycles. The second-order valence-corrected chi connectivity index (χ2v) is 10.1. The molecular weight excluding hydrogens is 450 g/mol. The predicted octanol–water partition coefficient (Wildman–Crippen LogP) is 4.48. The van der Waals surface area contributed by atoms with Crippen molar-refractivity contribution in [1.29, 1.82) is 0 Å². The molecule has 0 bridgehead atoms. The van der Waals surface area contributed by atoms with E-state index in [-0.39, 0.29) is 22.4 Å². The van der Waals surface area contributed by atoms with Crippen LogP contribution in [-0.4, -0.2) is 32.5 Å². The fourth-order valence-electron chi connectivity index (χ4n) is 3.03. The third kappa shape index (κ3) is 5.03. The summed E-state index contributed by atoms with van der Waals surface area (Å²) in [5, 5.41) is 5.16. The van der Waals surface area contributed by atoms with E-state index in [4.69, 9.17) is 9.47 Å². The third-order valence-corrected chi connectivity index (χ3v) is 6.90. The molecule has 32 heavy (non-hydrogen) atoms. The van der Waals surface area contributed by atoms with Crippen LogP contribution < -0.4 is 19.5 Å². The van der Waals surface area contributed by atoms with Crippen molar-refractivity contribution in [2.24, 2.45) is 0 Å². The molecule has 1 aromatic heterocycles. The molecule has 2 heterocycles. The molecule has 0 unspecified atom stereocenters. The topological polar surface area (TPSA) is 107 Å². The Morgan fingerprint density at radius 3 is 2.62 bits per heavy atom. The number of fused-ring (bicyclic) bond motifs is 1. The summed E-state index contributed by atoms with van der Waals surface area (Å²) in [6.45, 7) is 5.03. The molecule has 4 rings (SSSR count). The molecule has 0 spiro atoms. The molecule has 168 valence electrons. The van der Waals surface area contributed by atoms with Crippen LogP contribution in [0.5, 0.6) is 11.5 Å². The fourth-order valence-corrected chi connectivity index (χ4v) is 4.96. The first-order valence-electron chi connectivity index (χ1n) is 10.1. The standard InChI is InChI=1S/C22H23N3O5S2/c1-14(2)18-13-31-22(23-18)24-21(26)15-5-3-6-16(11-15)25-32(27,28)17-7-8-19-20(12-17)30-10-4-9-29-19/h3,5-8,11-14,25H,4,9-10H2,1-2H3,(H,23,24,26). The minimum absolute atomic E-state index is 0.0422. The summed E-state index contributed by atoms with van der Waals surface area (Å²) in [5.41, 5.74) is 1.49. The molecule has 8 nitrogen and oxygen atoms in total. The Balaban J connectivity index is 1.50. The van der Waals surface area contributed by atoms with Gasteiger partial charge in [0.15, 0.2) is 16.6 Å². The first kappa shape index (κ1) is 22.1. The Bertz CT molecular complexity index is 1240. The summed E-state index contributed by atoms with van der Waals surface area (Å²) in [6, 6.07) is 10.8. The summed E-state index contributed by atoms with van der Waals surface area (Å²) in [7, 11) is -3.89. The van der Waals surface area contributed by atoms with Crippen molar-refractivity contribution in [1.82, 2.24) is 4.98 Å². The van der Waals surface area contributed by atoms with E-state index in [1.54, 1.807) is 24.3 Å². The fraction of sp³-hybridized carbons (Fsp3) is 0.273. The van der Waals surface area contributed by atoms with Crippen LogP contribution in [-0.2, 0) is 10.0 Å². The summed E-state index contributed by atoms with van der Waals surface area (Å²) in [6.07, 6.45) is 0.726. The number of hydrogen-bond donors (Lipinski definition) is 2. The molecule has 2 N–H and O–H groups in total. The molecule has 3 aromatic rings. The Labute approximate surface area is 190 Å². The maximum absolute atomic E-state index is 12.9. The molecule has 10 heteroatoms. The van der Waals surface area contributed by atoms with Gasteiger partial charge in [0.25, 0.3) is 15.9 Å². The van der Waals surface area contributed by atoms with Crippen LogP contribution in [0.25, 0.3) is 0 Å². The van der Waals surface area contributed by atoms with Crippen LogP contribution in [0, 0.1) is 0 Å². The molecule has 1 aliphatic heterocycles. The SMILES string of the molecule is CC(C)c1csc(NC(=O)c2cccc(NS(=O)(=O)c3ccc4c(c3)OCCCO4)c2)n1. The first-order chi connectivity index (χ1) is 15.3. The lowest BCUT2D eigenvalue weighted by Crippen LogP contribution is -2.15. The Kier molecular flexibility index (Phi) is 6.33. The second-order valence-electron chi connectivity index (χ2n) is 7.53. The molecule has 1 amide bonds. The van der Waals surface area contributed by atoms with Gasteiger partial charge in [-0.2, -0.15) is 0 Å². The molecule has 0 atom stereocenters. The number of sulfonamides is 1. The number of carbonyl (C=O) groups is 1. The first-order valence-corrected chi connectivity index (χ1v) is 12.5. The van der Waals surface area contributed by atoms with Crippen LogP contribution in [0.1, 0.15) is 42.2 Å². The van der Waals surface area contributed by atoms with Gasteiger partial charge in [-0.05, 0) is 36.2 Å². The highest BCUT2D eigenvalue weighted by atomic mass is 32.2. The lowest BCUT2D eigenvalue weighted by atomic mass is 10.2. The van der Waals surface area contributed by atoms with E-state index in [1.165, 1.54) is 29.5 Å². The van der Waals surface area contributed by atoms with Gasteiger partial charge in [0.1, 0.15) is 0 Å². The van der Waals surface area contributed by atoms with Gasteiger partial charge in [0.05, 0.1) is 23.8 Å². The average Bonchev–Trinajstić information content (AvgIpc) is 3.10. The van der Waals surface area contributed by atoms with Gasteiger partial charge in [-0.25, -0.2) is 13.4 Å². The van der Waals surface area contributed by atoms with Crippen molar-refractivity contribution < 1.29 is 22.7 Å². The largest absolute Gasteiger partial charge is 0.490 e. The van der Waals surface area contributed by atoms with E-state index in [9.17, 15) is 13.2 Å². The highest BCUT2D eigenvalue weighted by molar-refractivity contribution is 7.92. The molecule has 0 radical (unpaired) electrons. The summed E-state index contributed by atoms with van der Waals surface area (Å²) in [4.78, 5) is 17.1. The number of anilines is 2. The third-order valence-electron chi connectivity index (χ3n) is 4.74. The maximum atomic E-state index is 12.9. The number of thiazole rings is 1. The Hall–Kier alpha value is -3.11. The van der Waals surface area contributed by atoms with E-state index in [0.29, 0.717) is 35.4 Å². The van der Waals surface area contributed by atoms with Crippen molar-refractivity contribution in [2.45, 2.75) is 31.1 Å². The number of rotatable bonds is 6. The maximum Gasteiger partial charge on any atom is 0.262 e. The zero-order valence-corrected chi connectivity index (χ0v) is 19.3. The zero-order valence-electron chi connectivity index (χ0n) is 17.6. The van der Waals surface area contributed by atoms with E-state index >= 15 is 0 Å². The Morgan fingerprint density at radius 2 is 1.88 bits per heavy atom. The molecule has 1 aliphatic rings. The van der Waals surface area contributed by atoms with Gasteiger partial charge in [-0.15, -0.1) is 11.3 Å². The number of amides is 1. The number of benzene rings is 2. The van der Waals surface area contributed by atoms with Crippen molar-refractivity contribution in [3.05, 3.63) is 59.1 Å². The molecule has 0 saturated heterocycles. The van der Waals surface area contributed by atoms with Crippen LogP contribution in [0.4, 0.5) is 10.8 Å². The van der Waals surface area contributed by atoms with E-state index in [0.717, 1.165) is 12.1 Å². The normalized spacial score (nSPS) is 13.5. The molecule has 0 aliphatic carbocycles. The highest BCUT2D eigenvalue weighted by Crippen LogP contribution is 2.32. The summed E-state index contributed by atoms with van der Waals surface area (Å²) in [5.74, 6) is 0.802. The van der Waals surface area contributed by atoms with Crippen LogP contribution in [0.2, 0.25) is 0 Å². The van der Waals surface area contributed by atoms with E-state index in [1.807, 2.05) is 19.2 Å². The van der Waals surface area contributed by atoms with Crippen molar-refractivity contribution in [3.8, 4) is 11.5 Å². The monoisotopic (exact) mass is 473 g/mol. The number of ether oxygens (including phenoxy) is 2. The Morgan fingerprint density at radius 1 is 1.09 bits per heavy atom. The van der Waals surface area contributed by atoms with Gasteiger partial charge >= 0.3 is 0 Å². The number of nitrogens with one attached hydrogen (secondary N) is 2.